The van der Waals surface area contributed by atoms with E-state index in [1.807, 2.05) is 6.07 Å². The lowest BCUT2D eigenvalue weighted by Gasteiger charge is -2.35. The second-order valence-corrected chi connectivity index (χ2v) is 18.6. The molecule has 8 aromatic carbocycles. The summed E-state index contributed by atoms with van der Waals surface area (Å²) in [4.78, 5) is 2.50. The van der Waals surface area contributed by atoms with E-state index in [0.29, 0.717) is 0 Å². The zero-order valence-corrected chi connectivity index (χ0v) is 35.4. The molecule has 0 bridgehead atoms. The molecule has 0 aliphatic heterocycles. The summed E-state index contributed by atoms with van der Waals surface area (Å²) in [5, 5.41) is 2.25. The highest BCUT2D eigenvalue weighted by atomic mass is 127. The highest BCUT2D eigenvalue weighted by molar-refractivity contribution is 14.1. The first-order chi connectivity index (χ1) is 29.5. The standard InChI is InChI=1S/C57H40INO/c1-56(58)49-27-12-8-21-41(49)43-33-31-39(35-51(43)56)59(53-29-14-10-23-45(53)47-25-16-26-48-46-24-11-15-30-54(46)60-55(47)48)40-32-34-44-42-22-9-13-28-50(42)57(52(44)36-40,37-17-4-2-5-18-37)38-19-6-3-7-20-38/h2-11,13-26,28-36H,12,27H2,1H3. The van der Waals surface area contributed by atoms with Crippen LogP contribution >= 0.6 is 22.6 Å². The Morgan fingerprint density at radius 3 is 1.90 bits per heavy atom. The maximum absolute atomic E-state index is 6.72. The van der Waals surface area contributed by atoms with Crippen molar-refractivity contribution in [3.8, 4) is 22.3 Å². The number of fused-ring (bicyclic) bond motifs is 8. The van der Waals surface area contributed by atoms with Crippen molar-refractivity contribution in [1.29, 1.82) is 0 Å². The number of anilines is 3. The van der Waals surface area contributed by atoms with Crippen molar-refractivity contribution >= 4 is 67.2 Å². The van der Waals surface area contributed by atoms with E-state index < -0.39 is 5.41 Å². The average molecular weight is 882 g/mol. The molecule has 1 unspecified atom stereocenters. The molecule has 0 radical (unpaired) electrons. The molecular weight excluding hydrogens is 842 g/mol. The highest BCUT2D eigenvalue weighted by Crippen LogP contribution is 2.59. The number of nitrogens with zero attached hydrogens (tertiary/aromatic N) is 1. The second kappa shape index (κ2) is 13.6. The third-order valence-electron chi connectivity index (χ3n) is 13.3. The normalized spacial score (nSPS) is 17.1. The number of alkyl halides is 1. The molecule has 60 heavy (non-hydrogen) atoms. The Hall–Kier alpha value is -6.43. The van der Waals surface area contributed by atoms with E-state index in [1.165, 1.54) is 55.7 Å². The van der Waals surface area contributed by atoms with E-state index in [4.69, 9.17) is 4.42 Å². The first-order valence-corrected chi connectivity index (χ1v) is 22.0. The van der Waals surface area contributed by atoms with Crippen molar-refractivity contribution < 1.29 is 4.42 Å². The number of allylic oxidation sites excluding steroid dienone is 4. The molecule has 1 aromatic heterocycles. The molecule has 2 nitrogen and oxygen atoms in total. The van der Waals surface area contributed by atoms with E-state index in [9.17, 15) is 0 Å². The average Bonchev–Trinajstić information content (AvgIpc) is 3.91. The topological polar surface area (TPSA) is 16.4 Å². The van der Waals surface area contributed by atoms with Crippen LogP contribution in [0.3, 0.4) is 0 Å². The molecule has 0 N–H and O–H groups in total. The summed E-state index contributed by atoms with van der Waals surface area (Å²) in [7, 11) is 0. The van der Waals surface area contributed by atoms with Crippen molar-refractivity contribution in [3.63, 3.8) is 0 Å². The van der Waals surface area contributed by atoms with E-state index in [1.54, 1.807) is 0 Å². The van der Waals surface area contributed by atoms with Gasteiger partial charge in [0, 0.05) is 33.3 Å². The number of rotatable bonds is 6. The van der Waals surface area contributed by atoms with Gasteiger partial charge in [-0.25, -0.2) is 0 Å². The lowest BCUT2D eigenvalue weighted by molar-refractivity contribution is 0.670. The van der Waals surface area contributed by atoms with Crippen molar-refractivity contribution in [1.82, 2.24) is 0 Å². The molecule has 286 valence electrons. The van der Waals surface area contributed by atoms with Gasteiger partial charge in [0.1, 0.15) is 11.2 Å². The number of halogens is 1. The Morgan fingerprint density at radius 1 is 0.517 bits per heavy atom. The SMILES string of the molecule is CC1(I)C2=C(C=CCC2)c2ccc(N(c3ccc4c(c3)C(c3ccccc3)(c3ccccc3)c3ccccc3-4)c3ccccc3-c3cccc4c3oc3ccccc34)cc21. The lowest BCUT2D eigenvalue weighted by Crippen LogP contribution is -2.28. The van der Waals surface area contributed by atoms with Gasteiger partial charge < -0.3 is 9.32 Å². The molecule has 0 amide bonds. The molecule has 0 fully saturated rings. The van der Waals surface area contributed by atoms with Gasteiger partial charge in [0.15, 0.2) is 0 Å². The van der Waals surface area contributed by atoms with Crippen LogP contribution in [-0.4, -0.2) is 0 Å². The zero-order valence-electron chi connectivity index (χ0n) is 33.2. The molecule has 1 heterocycles. The fourth-order valence-electron chi connectivity index (χ4n) is 10.7. The van der Waals surface area contributed by atoms with Crippen LogP contribution in [0.25, 0.3) is 49.8 Å². The maximum atomic E-state index is 6.72. The number of furan rings is 1. The summed E-state index contributed by atoms with van der Waals surface area (Å²) in [6, 6.07) is 69.4. The Morgan fingerprint density at radius 2 is 1.12 bits per heavy atom. The van der Waals surface area contributed by atoms with Crippen LogP contribution in [0.4, 0.5) is 17.1 Å². The quantitative estimate of drug-likeness (QED) is 0.122. The summed E-state index contributed by atoms with van der Waals surface area (Å²) in [5.41, 5.74) is 20.1. The minimum atomic E-state index is -0.524. The predicted molar refractivity (Wildman–Crippen MR) is 258 cm³/mol. The molecule has 3 aliphatic rings. The molecule has 0 spiro atoms. The fraction of sp³-hybridized carbons (Fsp3) is 0.0877. The van der Waals surface area contributed by atoms with Crippen molar-refractivity contribution in [2.45, 2.75) is 28.6 Å². The van der Waals surface area contributed by atoms with Gasteiger partial charge in [-0.2, -0.15) is 0 Å². The summed E-state index contributed by atoms with van der Waals surface area (Å²) in [6.45, 7) is 2.40. The summed E-state index contributed by atoms with van der Waals surface area (Å²) in [6.07, 6.45) is 6.88. The predicted octanol–water partition coefficient (Wildman–Crippen LogP) is 15.9. The van der Waals surface area contributed by atoms with Crippen LogP contribution in [-0.2, 0) is 8.84 Å². The minimum Gasteiger partial charge on any atom is -0.455 e. The van der Waals surface area contributed by atoms with Gasteiger partial charge in [-0.15, -0.1) is 0 Å². The fourth-order valence-corrected chi connectivity index (χ4v) is 11.7. The van der Waals surface area contributed by atoms with Gasteiger partial charge in [-0.1, -0.05) is 186 Å². The Kier molecular flexibility index (Phi) is 8.02. The van der Waals surface area contributed by atoms with Crippen LogP contribution in [0.5, 0.6) is 0 Å². The first kappa shape index (κ1) is 35.5. The zero-order chi connectivity index (χ0) is 40.0. The van der Waals surface area contributed by atoms with E-state index >= 15 is 0 Å². The molecule has 3 aliphatic carbocycles. The largest absolute Gasteiger partial charge is 0.455 e. The van der Waals surface area contributed by atoms with E-state index in [-0.39, 0.29) is 3.42 Å². The van der Waals surface area contributed by atoms with Crippen LogP contribution in [0.15, 0.2) is 210 Å². The van der Waals surface area contributed by atoms with Crippen molar-refractivity contribution in [3.05, 3.63) is 239 Å². The second-order valence-electron chi connectivity index (χ2n) is 16.5. The highest BCUT2D eigenvalue weighted by Gasteiger charge is 2.46. The monoisotopic (exact) mass is 881 g/mol. The van der Waals surface area contributed by atoms with Gasteiger partial charge in [0.25, 0.3) is 0 Å². The molecule has 3 heteroatoms. The van der Waals surface area contributed by atoms with Gasteiger partial charge in [0.2, 0.25) is 0 Å². The van der Waals surface area contributed by atoms with Gasteiger partial charge >= 0.3 is 0 Å². The van der Waals surface area contributed by atoms with E-state index in [0.717, 1.165) is 63.0 Å². The Bertz CT molecular complexity index is 3200. The minimum absolute atomic E-state index is 0.108. The van der Waals surface area contributed by atoms with Crippen LogP contribution < -0.4 is 4.90 Å². The van der Waals surface area contributed by atoms with Crippen molar-refractivity contribution in [2.24, 2.45) is 0 Å². The van der Waals surface area contributed by atoms with Crippen LogP contribution in [0, 0.1) is 0 Å². The lowest BCUT2D eigenvalue weighted by atomic mass is 9.67. The molecule has 0 saturated heterocycles. The molecular formula is C57H40INO. The first-order valence-electron chi connectivity index (χ1n) is 20.9. The maximum Gasteiger partial charge on any atom is 0.143 e. The third-order valence-corrected chi connectivity index (χ3v) is 14.6. The molecule has 9 aromatic rings. The van der Waals surface area contributed by atoms with Crippen LogP contribution in [0.1, 0.15) is 53.1 Å². The van der Waals surface area contributed by atoms with E-state index in [2.05, 4.69) is 229 Å². The van der Waals surface area contributed by atoms with Crippen LogP contribution in [0.2, 0.25) is 0 Å². The summed E-state index contributed by atoms with van der Waals surface area (Å²) < 4.78 is 6.61. The van der Waals surface area contributed by atoms with Crippen molar-refractivity contribution in [2.75, 3.05) is 4.90 Å². The molecule has 1 atom stereocenters. The summed E-state index contributed by atoms with van der Waals surface area (Å²) in [5.74, 6) is 0. The number of hydrogen-bond acceptors (Lipinski definition) is 2. The third kappa shape index (κ3) is 5.05. The smallest absolute Gasteiger partial charge is 0.143 e. The number of benzene rings is 8. The molecule has 12 rings (SSSR count). The number of para-hydroxylation sites is 3. The Labute approximate surface area is 364 Å². The summed E-state index contributed by atoms with van der Waals surface area (Å²) >= 11 is 2.71. The molecule has 0 saturated carbocycles. The van der Waals surface area contributed by atoms with Gasteiger partial charge in [-0.05, 0) is 112 Å². The Balaban J connectivity index is 1.14. The van der Waals surface area contributed by atoms with Gasteiger partial charge in [0.05, 0.1) is 14.5 Å². The van der Waals surface area contributed by atoms with Gasteiger partial charge in [-0.3, -0.25) is 0 Å². The number of hydrogen-bond donors (Lipinski definition) is 0.